The Morgan fingerprint density at radius 1 is 0.933 bits per heavy atom. The summed E-state index contributed by atoms with van der Waals surface area (Å²) in [7, 11) is 0. The first-order valence-electron chi connectivity index (χ1n) is 5.25. The highest BCUT2D eigenvalue weighted by Gasteiger charge is 2.11. The van der Waals surface area contributed by atoms with Gasteiger partial charge >= 0.3 is 0 Å². The molecule has 0 bridgehead atoms. The molecular formula is C10H19NO4. The van der Waals surface area contributed by atoms with Crippen LogP contribution in [0.15, 0.2) is 0 Å². The van der Waals surface area contributed by atoms with Gasteiger partial charge in [0.1, 0.15) is 0 Å². The molecule has 5 nitrogen and oxygen atoms in total. The SMILES string of the molecule is O=C1CCCCC(=O)N1.OCCCCO. The lowest BCUT2D eigenvalue weighted by Crippen LogP contribution is -2.27. The fraction of sp³-hybridized carbons (Fsp3) is 0.800. The van der Waals surface area contributed by atoms with E-state index in [4.69, 9.17) is 10.2 Å². The third-order valence-electron chi connectivity index (χ3n) is 1.90. The van der Waals surface area contributed by atoms with E-state index in [0.717, 1.165) is 25.7 Å². The summed E-state index contributed by atoms with van der Waals surface area (Å²) in [4.78, 5) is 21.1. The van der Waals surface area contributed by atoms with Gasteiger partial charge in [0.2, 0.25) is 11.8 Å². The summed E-state index contributed by atoms with van der Waals surface area (Å²) in [5.74, 6) is -0.255. The fourth-order valence-corrected chi connectivity index (χ4v) is 1.08. The summed E-state index contributed by atoms with van der Waals surface area (Å²) >= 11 is 0. The van der Waals surface area contributed by atoms with E-state index in [2.05, 4.69) is 5.32 Å². The van der Waals surface area contributed by atoms with Crippen molar-refractivity contribution >= 4 is 11.8 Å². The minimum atomic E-state index is -0.127. The number of nitrogens with one attached hydrogen (secondary N) is 1. The van der Waals surface area contributed by atoms with Crippen molar-refractivity contribution in [2.75, 3.05) is 13.2 Å². The summed E-state index contributed by atoms with van der Waals surface area (Å²) in [6.07, 6.45) is 4.14. The second kappa shape index (κ2) is 9.61. The van der Waals surface area contributed by atoms with Gasteiger partial charge < -0.3 is 10.2 Å². The normalized spacial score (nSPS) is 16.1. The number of amides is 2. The van der Waals surface area contributed by atoms with E-state index in [9.17, 15) is 9.59 Å². The molecule has 0 aromatic carbocycles. The summed E-state index contributed by atoms with van der Waals surface area (Å²) in [6, 6.07) is 0. The number of carbonyl (C=O) groups is 2. The third-order valence-corrected chi connectivity index (χ3v) is 1.90. The Balaban J connectivity index is 0.000000288. The van der Waals surface area contributed by atoms with Crippen molar-refractivity contribution in [3.05, 3.63) is 0 Å². The second-order valence-electron chi connectivity index (χ2n) is 3.33. The van der Waals surface area contributed by atoms with Crippen LogP contribution in [0.3, 0.4) is 0 Å². The molecule has 88 valence electrons. The van der Waals surface area contributed by atoms with Crippen LogP contribution in [0.25, 0.3) is 0 Å². The van der Waals surface area contributed by atoms with Gasteiger partial charge in [0, 0.05) is 26.1 Å². The molecule has 15 heavy (non-hydrogen) atoms. The van der Waals surface area contributed by atoms with E-state index in [1.807, 2.05) is 0 Å². The van der Waals surface area contributed by atoms with E-state index in [-0.39, 0.29) is 25.0 Å². The summed E-state index contributed by atoms with van der Waals surface area (Å²) in [5, 5.41) is 18.4. The molecule has 1 aliphatic heterocycles. The molecule has 0 saturated carbocycles. The Kier molecular flexibility index (Phi) is 9.01. The Morgan fingerprint density at radius 3 is 1.67 bits per heavy atom. The fourth-order valence-electron chi connectivity index (χ4n) is 1.08. The molecule has 5 heteroatoms. The van der Waals surface area contributed by atoms with Gasteiger partial charge in [-0.25, -0.2) is 0 Å². The zero-order valence-corrected chi connectivity index (χ0v) is 8.87. The second-order valence-corrected chi connectivity index (χ2v) is 3.33. The quantitative estimate of drug-likeness (QED) is 0.457. The Bertz CT molecular complexity index is 174. The van der Waals surface area contributed by atoms with E-state index in [1.54, 1.807) is 0 Å². The van der Waals surface area contributed by atoms with Crippen molar-refractivity contribution in [1.82, 2.24) is 5.32 Å². The number of imide groups is 1. The molecule has 1 saturated heterocycles. The van der Waals surface area contributed by atoms with E-state index in [0.29, 0.717) is 12.8 Å². The van der Waals surface area contributed by atoms with Crippen LogP contribution in [0.5, 0.6) is 0 Å². The monoisotopic (exact) mass is 217 g/mol. The first-order chi connectivity index (χ1) is 7.20. The zero-order valence-electron chi connectivity index (χ0n) is 8.87. The Morgan fingerprint density at radius 2 is 1.33 bits per heavy atom. The summed E-state index contributed by atoms with van der Waals surface area (Å²) in [5.41, 5.74) is 0. The molecule has 1 rings (SSSR count). The lowest BCUT2D eigenvalue weighted by Gasteiger charge is -1.93. The number of hydrogen-bond acceptors (Lipinski definition) is 4. The maximum Gasteiger partial charge on any atom is 0.226 e. The highest BCUT2D eigenvalue weighted by atomic mass is 16.3. The molecule has 0 aliphatic carbocycles. The van der Waals surface area contributed by atoms with Gasteiger partial charge in [-0.05, 0) is 25.7 Å². The zero-order chi connectivity index (χ0) is 11.5. The number of unbranched alkanes of at least 4 members (excludes halogenated alkanes) is 1. The van der Waals surface area contributed by atoms with Crippen molar-refractivity contribution in [1.29, 1.82) is 0 Å². The molecule has 0 aromatic rings. The van der Waals surface area contributed by atoms with Gasteiger partial charge in [0.15, 0.2) is 0 Å². The van der Waals surface area contributed by atoms with Gasteiger partial charge in [-0.3, -0.25) is 14.9 Å². The predicted octanol–water partition coefficient (Wildman–Crippen LogP) is -0.0456. The van der Waals surface area contributed by atoms with Crippen molar-refractivity contribution < 1.29 is 19.8 Å². The van der Waals surface area contributed by atoms with Gasteiger partial charge in [0.05, 0.1) is 0 Å². The van der Waals surface area contributed by atoms with Crippen LogP contribution in [-0.2, 0) is 9.59 Å². The predicted molar refractivity (Wildman–Crippen MR) is 55.0 cm³/mol. The highest BCUT2D eigenvalue weighted by molar-refractivity contribution is 5.95. The maximum absolute atomic E-state index is 10.6. The Hall–Kier alpha value is -0.940. The average molecular weight is 217 g/mol. The van der Waals surface area contributed by atoms with E-state index >= 15 is 0 Å². The smallest absolute Gasteiger partial charge is 0.226 e. The lowest BCUT2D eigenvalue weighted by molar-refractivity contribution is -0.129. The number of aliphatic hydroxyl groups is 2. The van der Waals surface area contributed by atoms with Gasteiger partial charge in [-0.15, -0.1) is 0 Å². The number of hydrogen-bond donors (Lipinski definition) is 3. The van der Waals surface area contributed by atoms with Gasteiger partial charge in [-0.1, -0.05) is 0 Å². The van der Waals surface area contributed by atoms with E-state index in [1.165, 1.54) is 0 Å². The number of rotatable bonds is 3. The minimum absolute atomic E-state index is 0.127. The molecule has 1 fully saturated rings. The van der Waals surface area contributed by atoms with Crippen molar-refractivity contribution in [3.8, 4) is 0 Å². The lowest BCUT2D eigenvalue weighted by atomic mass is 10.2. The van der Waals surface area contributed by atoms with Crippen LogP contribution < -0.4 is 5.32 Å². The van der Waals surface area contributed by atoms with E-state index < -0.39 is 0 Å². The molecule has 0 spiro atoms. The third kappa shape index (κ3) is 9.37. The van der Waals surface area contributed by atoms with Gasteiger partial charge in [-0.2, -0.15) is 0 Å². The van der Waals surface area contributed by atoms with Gasteiger partial charge in [0.25, 0.3) is 0 Å². The highest BCUT2D eigenvalue weighted by Crippen LogP contribution is 2.03. The van der Waals surface area contributed by atoms with Crippen LogP contribution >= 0.6 is 0 Å². The topological polar surface area (TPSA) is 86.6 Å². The van der Waals surface area contributed by atoms with Crippen molar-refractivity contribution in [2.45, 2.75) is 38.5 Å². The molecule has 0 radical (unpaired) electrons. The molecular weight excluding hydrogens is 198 g/mol. The maximum atomic E-state index is 10.6. The first-order valence-corrected chi connectivity index (χ1v) is 5.25. The largest absolute Gasteiger partial charge is 0.396 e. The molecule has 1 heterocycles. The average Bonchev–Trinajstić information content (AvgIpc) is 2.40. The molecule has 0 aromatic heterocycles. The molecule has 3 N–H and O–H groups in total. The van der Waals surface area contributed by atoms with Crippen molar-refractivity contribution in [3.63, 3.8) is 0 Å². The van der Waals surface area contributed by atoms with Crippen LogP contribution in [-0.4, -0.2) is 35.2 Å². The summed E-state index contributed by atoms with van der Waals surface area (Å²) < 4.78 is 0. The van der Waals surface area contributed by atoms with Crippen molar-refractivity contribution in [2.24, 2.45) is 0 Å². The first kappa shape index (κ1) is 14.1. The van der Waals surface area contributed by atoms with Crippen LogP contribution in [0, 0.1) is 0 Å². The van der Waals surface area contributed by atoms with Crippen LogP contribution in [0.4, 0.5) is 0 Å². The Labute approximate surface area is 89.5 Å². The van der Waals surface area contributed by atoms with Crippen LogP contribution in [0.1, 0.15) is 38.5 Å². The van der Waals surface area contributed by atoms with Crippen LogP contribution in [0.2, 0.25) is 0 Å². The summed E-state index contributed by atoms with van der Waals surface area (Å²) in [6.45, 7) is 0.390. The molecule has 1 aliphatic rings. The number of aliphatic hydroxyl groups excluding tert-OH is 2. The molecule has 0 unspecified atom stereocenters. The molecule has 0 atom stereocenters. The minimum Gasteiger partial charge on any atom is -0.396 e. The standard InChI is InChI=1S/C6H9NO2.C4H10O2/c8-5-3-1-2-4-6(9)7-5;5-3-1-2-4-6/h1-4H2,(H,7,8,9);5-6H,1-4H2. The molecule has 2 amide bonds. The number of carbonyl (C=O) groups excluding carboxylic acids is 2.